The van der Waals surface area contributed by atoms with Gasteiger partial charge in [-0.05, 0) is 62.8 Å². The van der Waals surface area contributed by atoms with E-state index >= 15 is 0 Å². The van der Waals surface area contributed by atoms with Crippen LogP contribution in [-0.2, 0) is 22.6 Å². The van der Waals surface area contributed by atoms with Gasteiger partial charge >= 0.3 is 0 Å². The van der Waals surface area contributed by atoms with E-state index in [1.54, 1.807) is 4.90 Å². The van der Waals surface area contributed by atoms with E-state index in [1.807, 2.05) is 105 Å². The van der Waals surface area contributed by atoms with Crippen molar-refractivity contribution in [2.24, 2.45) is 0 Å². The van der Waals surface area contributed by atoms with Crippen molar-refractivity contribution in [3.63, 3.8) is 0 Å². The summed E-state index contributed by atoms with van der Waals surface area (Å²) in [6.07, 6.45) is 1.22. The molecule has 4 aromatic rings. The van der Waals surface area contributed by atoms with Crippen LogP contribution >= 0.6 is 15.9 Å². The number of carbonyl (C=O) groups excluding carboxylic acids is 2. The van der Waals surface area contributed by atoms with E-state index in [1.165, 1.54) is 0 Å². The van der Waals surface area contributed by atoms with E-state index in [9.17, 15) is 9.59 Å². The van der Waals surface area contributed by atoms with Gasteiger partial charge in [-0.3, -0.25) is 9.59 Å². The number of rotatable bonds is 11. The monoisotopic (exact) mass is 572 g/mol. The summed E-state index contributed by atoms with van der Waals surface area (Å²) in [4.78, 5) is 28.9. The normalized spacial score (nSPS) is 11.7. The maximum Gasteiger partial charge on any atom is 0.261 e. The Kier molecular flexibility index (Phi) is 9.55. The van der Waals surface area contributed by atoms with Crippen molar-refractivity contribution in [3.05, 3.63) is 112 Å². The Balaban J connectivity index is 1.64. The topological polar surface area (TPSA) is 58.6 Å². The minimum absolute atomic E-state index is 0.162. The highest BCUT2D eigenvalue weighted by Gasteiger charge is 2.31. The van der Waals surface area contributed by atoms with Crippen molar-refractivity contribution >= 4 is 38.5 Å². The number of aryl methyl sites for hydroxylation is 1. The molecule has 0 aromatic heterocycles. The van der Waals surface area contributed by atoms with E-state index in [0.717, 1.165) is 38.4 Å². The van der Waals surface area contributed by atoms with Crippen LogP contribution in [0.15, 0.2) is 95.5 Å². The standard InChI is InChI=1S/C32H33BrN2O3/c1-3-19-34-32(37)28(20-24-12-5-4-6-13-24)35(21-26-15-8-7-11-23(26)2)30(36)22-38-29-18-17-25-14-9-10-16-27(25)31(29)33/h4-18,28H,3,19-22H2,1-2H3,(H,34,37)/t28-/m0/s1. The Labute approximate surface area is 232 Å². The molecule has 0 radical (unpaired) electrons. The lowest BCUT2D eigenvalue weighted by molar-refractivity contribution is -0.142. The number of carbonyl (C=O) groups is 2. The first-order chi connectivity index (χ1) is 18.5. The number of benzene rings is 4. The van der Waals surface area contributed by atoms with Crippen molar-refractivity contribution in [1.82, 2.24) is 10.2 Å². The molecule has 0 aliphatic heterocycles. The van der Waals surface area contributed by atoms with Crippen LogP contribution in [0.3, 0.4) is 0 Å². The number of hydrogen-bond donors (Lipinski definition) is 1. The van der Waals surface area contributed by atoms with Crippen LogP contribution in [0.4, 0.5) is 0 Å². The summed E-state index contributed by atoms with van der Waals surface area (Å²) >= 11 is 3.64. The second-order valence-corrected chi connectivity index (χ2v) is 10.1. The number of fused-ring (bicyclic) bond motifs is 1. The van der Waals surface area contributed by atoms with E-state index in [4.69, 9.17) is 4.74 Å². The third kappa shape index (κ3) is 6.81. The fourth-order valence-electron chi connectivity index (χ4n) is 4.44. The molecule has 4 rings (SSSR count). The van der Waals surface area contributed by atoms with E-state index in [2.05, 4.69) is 21.2 Å². The Morgan fingerprint density at radius 1 is 0.921 bits per heavy atom. The number of halogens is 1. The number of hydrogen-bond acceptors (Lipinski definition) is 3. The van der Waals surface area contributed by atoms with E-state index in [-0.39, 0.29) is 18.4 Å². The Morgan fingerprint density at radius 3 is 2.39 bits per heavy atom. The lowest BCUT2D eigenvalue weighted by Crippen LogP contribution is -2.51. The van der Waals surface area contributed by atoms with Gasteiger partial charge in [-0.15, -0.1) is 0 Å². The number of amides is 2. The summed E-state index contributed by atoms with van der Waals surface area (Å²) in [7, 11) is 0. The first-order valence-corrected chi connectivity index (χ1v) is 13.7. The average molecular weight is 574 g/mol. The Bertz CT molecular complexity index is 1390. The summed E-state index contributed by atoms with van der Waals surface area (Å²) in [5.41, 5.74) is 3.05. The second kappa shape index (κ2) is 13.2. The van der Waals surface area contributed by atoms with Gasteiger partial charge in [-0.1, -0.05) is 91.9 Å². The maximum atomic E-state index is 13.8. The van der Waals surface area contributed by atoms with Gasteiger partial charge in [0.1, 0.15) is 11.8 Å². The summed E-state index contributed by atoms with van der Waals surface area (Å²) in [6.45, 7) is 4.71. The molecular formula is C32H33BrN2O3. The molecule has 0 aliphatic carbocycles. The molecule has 0 heterocycles. The molecule has 1 atom stereocenters. The molecule has 5 nitrogen and oxygen atoms in total. The highest BCUT2D eigenvalue weighted by atomic mass is 79.9. The lowest BCUT2D eigenvalue weighted by atomic mass is 10.0. The molecule has 2 amide bonds. The molecular weight excluding hydrogens is 540 g/mol. The Hall–Kier alpha value is -3.64. The first-order valence-electron chi connectivity index (χ1n) is 12.9. The molecule has 6 heteroatoms. The first kappa shape index (κ1) is 27.4. The zero-order valence-electron chi connectivity index (χ0n) is 21.8. The lowest BCUT2D eigenvalue weighted by Gasteiger charge is -2.32. The molecule has 0 unspecified atom stereocenters. The average Bonchev–Trinajstić information content (AvgIpc) is 2.94. The van der Waals surface area contributed by atoms with E-state index < -0.39 is 6.04 Å². The van der Waals surface area contributed by atoms with Crippen molar-refractivity contribution in [2.45, 2.75) is 39.3 Å². The quantitative estimate of drug-likeness (QED) is 0.224. The smallest absolute Gasteiger partial charge is 0.261 e. The van der Waals surface area contributed by atoms with Crippen LogP contribution in [0.25, 0.3) is 10.8 Å². The van der Waals surface area contributed by atoms with Crippen LogP contribution in [-0.4, -0.2) is 35.9 Å². The van der Waals surface area contributed by atoms with Crippen LogP contribution < -0.4 is 10.1 Å². The van der Waals surface area contributed by atoms with Gasteiger partial charge in [0.05, 0.1) is 4.47 Å². The van der Waals surface area contributed by atoms with Gasteiger partial charge in [-0.25, -0.2) is 0 Å². The van der Waals surface area contributed by atoms with Crippen molar-refractivity contribution in [2.75, 3.05) is 13.2 Å². The number of nitrogens with one attached hydrogen (secondary N) is 1. The molecule has 38 heavy (non-hydrogen) atoms. The zero-order valence-corrected chi connectivity index (χ0v) is 23.4. The van der Waals surface area contributed by atoms with Gasteiger partial charge in [0.15, 0.2) is 6.61 Å². The van der Waals surface area contributed by atoms with Crippen LogP contribution in [0.1, 0.15) is 30.0 Å². The van der Waals surface area contributed by atoms with Gasteiger partial charge in [0, 0.05) is 19.5 Å². The zero-order chi connectivity index (χ0) is 26.9. The van der Waals surface area contributed by atoms with Gasteiger partial charge in [0.2, 0.25) is 5.91 Å². The van der Waals surface area contributed by atoms with E-state index in [0.29, 0.717) is 25.3 Å². The highest BCUT2D eigenvalue weighted by Crippen LogP contribution is 2.33. The molecule has 196 valence electrons. The minimum atomic E-state index is -0.681. The number of nitrogens with zero attached hydrogens (tertiary/aromatic N) is 1. The van der Waals surface area contributed by atoms with Crippen molar-refractivity contribution in [3.8, 4) is 5.75 Å². The van der Waals surface area contributed by atoms with Crippen molar-refractivity contribution < 1.29 is 14.3 Å². The van der Waals surface area contributed by atoms with Gasteiger partial charge < -0.3 is 15.0 Å². The molecule has 1 N–H and O–H groups in total. The Morgan fingerprint density at radius 2 is 1.63 bits per heavy atom. The molecule has 4 aromatic carbocycles. The molecule has 0 saturated carbocycles. The van der Waals surface area contributed by atoms with Gasteiger partial charge in [0.25, 0.3) is 5.91 Å². The molecule has 0 aliphatic rings. The molecule has 0 spiro atoms. The predicted molar refractivity (Wildman–Crippen MR) is 156 cm³/mol. The highest BCUT2D eigenvalue weighted by molar-refractivity contribution is 9.10. The molecule has 0 saturated heterocycles. The van der Waals surface area contributed by atoms with Gasteiger partial charge in [-0.2, -0.15) is 0 Å². The molecule has 0 bridgehead atoms. The number of ether oxygens (including phenoxy) is 1. The summed E-state index contributed by atoms with van der Waals surface area (Å²) in [5, 5.41) is 5.10. The maximum absolute atomic E-state index is 13.8. The SMILES string of the molecule is CCCNC(=O)[C@H](Cc1ccccc1)N(Cc1ccccc1C)C(=O)COc1ccc2ccccc2c1Br. The fourth-order valence-corrected chi connectivity index (χ4v) is 5.05. The summed E-state index contributed by atoms with van der Waals surface area (Å²) in [6, 6.07) is 28.9. The second-order valence-electron chi connectivity index (χ2n) is 9.33. The van der Waals surface area contributed by atoms with Crippen molar-refractivity contribution in [1.29, 1.82) is 0 Å². The summed E-state index contributed by atoms with van der Waals surface area (Å²) < 4.78 is 6.85. The third-order valence-electron chi connectivity index (χ3n) is 6.60. The minimum Gasteiger partial charge on any atom is -0.483 e. The summed E-state index contributed by atoms with van der Waals surface area (Å²) in [5.74, 6) is 0.174. The van der Waals surface area contributed by atoms with Crippen LogP contribution in [0.2, 0.25) is 0 Å². The van der Waals surface area contributed by atoms with Crippen LogP contribution in [0.5, 0.6) is 5.75 Å². The predicted octanol–water partition coefficient (Wildman–Crippen LogP) is 6.46. The molecule has 0 fully saturated rings. The fraction of sp³-hybridized carbons (Fsp3) is 0.250. The van der Waals surface area contributed by atoms with Crippen LogP contribution in [0, 0.1) is 6.92 Å². The largest absolute Gasteiger partial charge is 0.483 e. The third-order valence-corrected chi connectivity index (χ3v) is 7.42.